The fraction of sp³-hybridized carbons (Fsp3) is 0.579. The Morgan fingerprint density at radius 2 is 1.78 bits per heavy atom. The Labute approximate surface area is 163 Å². The van der Waals surface area contributed by atoms with Crippen molar-refractivity contribution in [3.63, 3.8) is 0 Å². The van der Waals surface area contributed by atoms with Gasteiger partial charge in [-0.3, -0.25) is 4.18 Å². The van der Waals surface area contributed by atoms with Gasteiger partial charge in [0, 0.05) is 27.2 Å². The molecular formula is C19H33N3O4S. The number of benzene rings is 1. The Balaban J connectivity index is 2.96. The van der Waals surface area contributed by atoms with Crippen molar-refractivity contribution in [1.29, 1.82) is 0 Å². The number of allylic oxidation sites excluding steroid dienone is 2. The zero-order valence-electron chi connectivity index (χ0n) is 17.1. The van der Waals surface area contributed by atoms with Crippen LogP contribution in [0.15, 0.2) is 22.6 Å². The van der Waals surface area contributed by atoms with Gasteiger partial charge < -0.3 is 21.1 Å². The molecule has 0 heterocycles. The first-order valence-electron chi connectivity index (χ1n) is 9.13. The average Bonchev–Trinajstić information content (AvgIpc) is 2.59. The summed E-state index contributed by atoms with van der Waals surface area (Å²) in [5.74, 6) is 0.300. The van der Waals surface area contributed by atoms with Crippen LogP contribution >= 0.6 is 0 Å². The van der Waals surface area contributed by atoms with Crippen LogP contribution < -0.4 is 16.0 Å². The Bertz CT molecular complexity index is 757. The van der Waals surface area contributed by atoms with Gasteiger partial charge in [0.2, 0.25) is 0 Å². The highest BCUT2D eigenvalue weighted by Gasteiger charge is 2.27. The lowest BCUT2D eigenvalue weighted by Crippen LogP contribution is -2.15. The van der Waals surface area contributed by atoms with Crippen molar-refractivity contribution in [2.45, 2.75) is 44.9 Å². The molecule has 0 aliphatic heterocycles. The van der Waals surface area contributed by atoms with E-state index >= 15 is 0 Å². The molecule has 0 aromatic heterocycles. The molecule has 27 heavy (non-hydrogen) atoms. The van der Waals surface area contributed by atoms with Gasteiger partial charge in [0.05, 0.1) is 18.0 Å². The third-order valence-corrected chi connectivity index (χ3v) is 5.74. The van der Waals surface area contributed by atoms with Gasteiger partial charge in [0.25, 0.3) is 0 Å². The van der Waals surface area contributed by atoms with Crippen molar-refractivity contribution in [3.05, 3.63) is 17.7 Å². The van der Waals surface area contributed by atoms with Gasteiger partial charge in [-0.15, -0.1) is 0 Å². The van der Waals surface area contributed by atoms with Gasteiger partial charge >= 0.3 is 10.1 Å². The number of rotatable bonds is 11. The van der Waals surface area contributed by atoms with E-state index in [0.29, 0.717) is 18.0 Å². The maximum Gasteiger partial charge on any atom is 0.301 e. The van der Waals surface area contributed by atoms with Crippen molar-refractivity contribution in [2.24, 2.45) is 5.92 Å². The van der Waals surface area contributed by atoms with E-state index in [-0.39, 0.29) is 28.6 Å². The first kappa shape index (κ1) is 23.1. The zero-order valence-corrected chi connectivity index (χ0v) is 18.0. The third kappa shape index (κ3) is 6.32. The zero-order chi connectivity index (χ0) is 20.6. The van der Waals surface area contributed by atoms with Crippen molar-refractivity contribution in [3.8, 4) is 5.75 Å². The van der Waals surface area contributed by atoms with E-state index in [0.717, 1.165) is 12.8 Å². The second-order valence-corrected chi connectivity index (χ2v) is 8.35. The highest BCUT2D eigenvalue weighted by atomic mass is 32.2. The molecule has 0 spiro atoms. The van der Waals surface area contributed by atoms with E-state index in [1.54, 1.807) is 21.1 Å². The van der Waals surface area contributed by atoms with Crippen LogP contribution in [0.4, 0.5) is 17.1 Å². The van der Waals surface area contributed by atoms with Crippen LogP contribution in [-0.4, -0.2) is 41.3 Å². The van der Waals surface area contributed by atoms with Crippen molar-refractivity contribution in [2.75, 3.05) is 43.7 Å². The highest BCUT2D eigenvalue weighted by Crippen LogP contribution is 2.42. The summed E-state index contributed by atoms with van der Waals surface area (Å²) < 4.78 is 31.0. The molecule has 1 aromatic rings. The number of nitrogens with one attached hydrogen (secondary N) is 3. The third-order valence-electron chi connectivity index (χ3n) is 4.34. The first-order chi connectivity index (χ1) is 12.7. The number of phenolic OH excluding ortho intramolecular Hbond substituents is 1. The standard InChI is InChI=1S/C19H33N3O4S/c1-13(2)8-7-9-14(3)10-11-26-27(24,25)19-15(20-4)12-16(23)17(21-5)18(19)22-6/h8,12,14,20-23H,7,9-11H2,1-6H3/t14-/m0/s1. The molecule has 0 radical (unpaired) electrons. The Hall–Kier alpha value is -1.93. The van der Waals surface area contributed by atoms with Crippen LogP contribution in [0.3, 0.4) is 0 Å². The number of aromatic hydroxyl groups is 1. The van der Waals surface area contributed by atoms with Gasteiger partial charge in [-0.1, -0.05) is 18.6 Å². The van der Waals surface area contributed by atoms with Gasteiger partial charge in [-0.05, 0) is 39.0 Å². The van der Waals surface area contributed by atoms with Crippen LogP contribution in [-0.2, 0) is 14.3 Å². The fourth-order valence-corrected chi connectivity index (χ4v) is 4.12. The Morgan fingerprint density at radius 1 is 1.15 bits per heavy atom. The fourth-order valence-electron chi connectivity index (χ4n) is 2.81. The summed E-state index contributed by atoms with van der Waals surface area (Å²) >= 11 is 0. The first-order valence-corrected chi connectivity index (χ1v) is 10.5. The van der Waals surface area contributed by atoms with Gasteiger partial charge in [-0.25, -0.2) is 0 Å². The molecule has 1 aromatic carbocycles. The van der Waals surface area contributed by atoms with Crippen LogP contribution in [0.25, 0.3) is 0 Å². The molecular weight excluding hydrogens is 366 g/mol. The molecule has 0 saturated carbocycles. The molecule has 1 rings (SSSR count). The predicted octanol–water partition coefficient (Wildman–Crippen LogP) is 4.00. The number of hydrogen-bond acceptors (Lipinski definition) is 7. The molecule has 154 valence electrons. The van der Waals surface area contributed by atoms with E-state index in [1.165, 1.54) is 11.6 Å². The normalized spacial score (nSPS) is 12.4. The maximum absolute atomic E-state index is 12.8. The van der Waals surface area contributed by atoms with Crippen molar-refractivity contribution >= 4 is 27.2 Å². The second-order valence-electron chi connectivity index (χ2n) is 6.80. The summed E-state index contributed by atoms with van der Waals surface area (Å²) in [6.45, 7) is 6.33. The van der Waals surface area contributed by atoms with E-state index in [1.807, 2.05) is 0 Å². The number of phenols is 1. The minimum absolute atomic E-state index is 0.0214. The summed E-state index contributed by atoms with van der Waals surface area (Å²) in [6.07, 6.45) is 4.80. The number of hydrogen-bond donors (Lipinski definition) is 4. The van der Waals surface area contributed by atoms with E-state index in [2.05, 4.69) is 42.8 Å². The predicted molar refractivity (Wildman–Crippen MR) is 112 cm³/mol. The minimum Gasteiger partial charge on any atom is -0.506 e. The lowest BCUT2D eigenvalue weighted by molar-refractivity contribution is 0.283. The minimum atomic E-state index is -4.01. The summed E-state index contributed by atoms with van der Waals surface area (Å²) in [5, 5.41) is 18.6. The Kier molecular flexibility index (Phi) is 8.92. The quantitative estimate of drug-likeness (QED) is 0.254. The van der Waals surface area contributed by atoms with Gasteiger partial charge in [0.1, 0.15) is 16.3 Å². The topological polar surface area (TPSA) is 99.7 Å². The smallest absolute Gasteiger partial charge is 0.301 e. The molecule has 0 bridgehead atoms. The lowest BCUT2D eigenvalue weighted by Gasteiger charge is -2.19. The molecule has 8 heteroatoms. The SMILES string of the molecule is CNc1cc(O)c(NC)c(NC)c1S(=O)(=O)OCC[C@@H](C)CCC=C(C)C. The van der Waals surface area contributed by atoms with E-state index < -0.39 is 10.1 Å². The molecule has 7 nitrogen and oxygen atoms in total. The van der Waals surface area contributed by atoms with E-state index in [4.69, 9.17) is 4.18 Å². The molecule has 0 aliphatic rings. The molecule has 0 saturated heterocycles. The second kappa shape index (κ2) is 10.4. The highest BCUT2D eigenvalue weighted by molar-refractivity contribution is 7.87. The molecule has 0 unspecified atom stereocenters. The van der Waals surface area contributed by atoms with Crippen molar-refractivity contribution < 1.29 is 17.7 Å². The summed E-state index contributed by atoms with van der Waals surface area (Å²) in [6, 6.07) is 1.37. The Morgan fingerprint density at radius 3 is 2.30 bits per heavy atom. The summed E-state index contributed by atoms with van der Waals surface area (Å²) in [5.41, 5.74) is 2.12. The van der Waals surface area contributed by atoms with Crippen LogP contribution in [0, 0.1) is 5.92 Å². The van der Waals surface area contributed by atoms with Gasteiger partial charge in [-0.2, -0.15) is 8.42 Å². The van der Waals surface area contributed by atoms with Crippen LogP contribution in [0.5, 0.6) is 5.75 Å². The van der Waals surface area contributed by atoms with E-state index in [9.17, 15) is 13.5 Å². The largest absolute Gasteiger partial charge is 0.506 e. The maximum atomic E-state index is 12.8. The van der Waals surface area contributed by atoms with Crippen LogP contribution in [0.2, 0.25) is 0 Å². The molecule has 0 aliphatic carbocycles. The molecule has 0 amide bonds. The van der Waals surface area contributed by atoms with Crippen LogP contribution in [0.1, 0.15) is 40.0 Å². The molecule has 0 fully saturated rings. The summed E-state index contributed by atoms with van der Waals surface area (Å²) in [7, 11) is 0.790. The summed E-state index contributed by atoms with van der Waals surface area (Å²) in [4.78, 5) is -0.0214. The van der Waals surface area contributed by atoms with Crippen molar-refractivity contribution in [1.82, 2.24) is 0 Å². The molecule has 4 N–H and O–H groups in total. The average molecular weight is 400 g/mol. The molecule has 1 atom stereocenters. The number of anilines is 3. The lowest BCUT2D eigenvalue weighted by atomic mass is 10.0. The van der Waals surface area contributed by atoms with Gasteiger partial charge in [0.15, 0.2) is 0 Å². The monoisotopic (exact) mass is 399 g/mol.